The maximum absolute atomic E-state index is 8.63. The molecule has 0 aromatic heterocycles. The Kier molecular flexibility index (Phi) is 2.67. The van der Waals surface area contributed by atoms with Gasteiger partial charge in [0, 0.05) is 0 Å². The normalized spacial score (nSPS) is 16.4. The number of rotatable bonds is 3. The number of aliphatic hydroxyl groups excluding tert-OH is 1. The zero-order chi connectivity index (χ0) is 7.49. The quantitative estimate of drug-likeness (QED) is 0.524. The van der Waals surface area contributed by atoms with Crippen LogP contribution in [0.25, 0.3) is 0 Å². The minimum Gasteiger partial charge on any atom is -0.500 e. The van der Waals surface area contributed by atoms with Crippen LogP contribution in [0.3, 0.4) is 0 Å². The fourth-order valence-electron chi connectivity index (χ4n) is 0.321. The molecule has 0 bridgehead atoms. The molecular weight excluding hydrogens is 118 g/mol. The van der Waals surface area contributed by atoms with Crippen molar-refractivity contribution in [1.29, 1.82) is 0 Å². The molecule has 0 amide bonds. The molecule has 0 radical (unpaired) electrons. The van der Waals surface area contributed by atoms with Gasteiger partial charge in [-0.2, -0.15) is 0 Å². The van der Waals surface area contributed by atoms with Crippen LogP contribution in [0.2, 0.25) is 0 Å². The Morgan fingerprint density at radius 3 is 2.44 bits per heavy atom. The van der Waals surface area contributed by atoms with Crippen molar-refractivity contribution in [3.05, 3.63) is 12.3 Å². The van der Waals surface area contributed by atoms with E-state index in [0.29, 0.717) is 5.76 Å². The largest absolute Gasteiger partial charge is 0.500 e. The average Bonchev–Trinajstić information content (AvgIpc) is 1.86. The number of hydrogen-bond acceptors (Lipinski definition) is 3. The number of methoxy groups -OCH3 is 1. The second-order valence-electron chi connectivity index (χ2n) is 2.20. The number of nitrogens with two attached hydrogens (primary N) is 1. The third-order valence-electron chi connectivity index (χ3n) is 1.21. The molecule has 3 nitrogen and oxygen atoms in total. The Balaban J connectivity index is 3.97. The highest BCUT2D eigenvalue weighted by Crippen LogP contribution is 2.09. The average molecular weight is 131 g/mol. The lowest BCUT2D eigenvalue weighted by Crippen LogP contribution is -2.42. The molecule has 0 rings (SSSR count). The lowest BCUT2D eigenvalue weighted by Gasteiger charge is -2.22. The van der Waals surface area contributed by atoms with Crippen LogP contribution >= 0.6 is 0 Å². The third-order valence-corrected chi connectivity index (χ3v) is 1.21. The molecule has 0 aromatic carbocycles. The summed E-state index contributed by atoms with van der Waals surface area (Å²) in [5.41, 5.74) is 4.68. The van der Waals surface area contributed by atoms with Crippen molar-refractivity contribution in [2.24, 2.45) is 5.73 Å². The lowest BCUT2D eigenvalue weighted by atomic mass is 10.0. The molecule has 0 aromatic rings. The Morgan fingerprint density at radius 2 is 2.33 bits per heavy atom. The minimum absolute atomic E-state index is 0.153. The first-order chi connectivity index (χ1) is 4.04. The summed E-state index contributed by atoms with van der Waals surface area (Å²) in [6.45, 7) is 5.01. The van der Waals surface area contributed by atoms with Gasteiger partial charge in [-0.25, -0.2) is 0 Å². The molecule has 0 fully saturated rings. The summed E-state index contributed by atoms with van der Waals surface area (Å²) in [5, 5.41) is 8.63. The smallest absolute Gasteiger partial charge is 0.110 e. The van der Waals surface area contributed by atoms with Crippen LogP contribution in [0.4, 0.5) is 0 Å². The molecule has 0 aliphatic rings. The highest BCUT2D eigenvalue weighted by molar-refractivity contribution is 5.05. The van der Waals surface area contributed by atoms with Gasteiger partial charge in [-0.05, 0) is 6.92 Å². The molecule has 0 aliphatic carbocycles. The van der Waals surface area contributed by atoms with E-state index in [1.807, 2.05) is 0 Å². The van der Waals surface area contributed by atoms with Crippen LogP contribution in [-0.4, -0.2) is 24.4 Å². The summed E-state index contributed by atoms with van der Waals surface area (Å²) in [7, 11) is 1.48. The van der Waals surface area contributed by atoms with Gasteiger partial charge in [-0.3, -0.25) is 0 Å². The van der Waals surface area contributed by atoms with Gasteiger partial charge in [-0.15, -0.1) is 0 Å². The standard InChI is InChI=1S/C6H13NO2/c1-5(9-3)6(2,7)4-8/h8H,1,4,7H2,2-3H3. The number of aliphatic hydroxyl groups is 1. The van der Waals surface area contributed by atoms with Crippen molar-refractivity contribution in [3.8, 4) is 0 Å². The second-order valence-corrected chi connectivity index (χ2v) is 2.20. The molecule has 1 atom stereocenters. The van der Waals surface area contributed by atoms with E-state index < -0.39 is 5.54 Å². The number of hydrogen-bond donors (Lipinski definition) is 2. The maximum atomic E-state index is 8.63. The van der Waals surface area contributed by atoms with Gasteiger partial charge < -0.3 is 15.6 Å². The molecular formula is C6H13NO2. The predicted octanol–water partition coefficient (Wildman–Crippen LogP) is -0.144. The summed E-state index contributed by atoms with van der Waals surface area (Å²) in [6, 6.07) is 0. The second kappa shape index (κ2) is 2.85. The Bertz CT molecular complexity index is 110. The third kappa shape index (κ3) is 2.03. The van der Waals surface area contributed by atoms with Crippen LogP contribution in [0.5, 0.6) is 0 Å². The van der Waals surface area contributed by atoms with Crippen molar-refractivity contribution >= 4 is 0 Å². The van der Waals surface area contributed by atoms with E-state index >= 15 is 0 Å². The Morgan fingerprint density at radius 1 is 1.89 bits per heavy atom. The van der Waals surface area contributed by atoms with Crippen LogP contribution in [-0.2, 0) is 4.74 Å². The first-order valence-electron chi connectivity index (χ1n) is 2.67. The SMILES string of the molecule is C=C(OC)C(C)(N)CO. The molecule has 3 heteroatoms. The van der Waals surface area contributed by atoms with Crippen LogP contribution in [0, 0.1) is 0 Å². The van der Waals surface area contributed by atoms with Crippen molar-refractivity contribution in [1.82, 2.24) is 0 Å². The van der Waals surface area contributed by atoms with Gasteiger partial charge in [0.15, 0.2) is 0 Å². The van der Waals surface area contributed by atoms with E-state index in [4.69, 9.17) is 15.6 Å². The molecule has 0 saturated carbocycles. The van der Waals surface area contributed by atoms with Gasteiger partial charge in [0.1, 0.15) is 5.76 Å². The monoisotopic (exact) mass is 131 g/mol. The maximum Gasteiger partial charge on any atom is 0.110 e. The zero-order valence-corrected chi connectivity index (χ0v) is 5.85. The number of ether oxygens (including phenoxy) is 1. The zero-order valence-electron chi connectivity index (χ0n) is 5.85. The Hall–Kier alpha value is -0.540. The first-order valence-corrected chi connectivity index (χ1v) is 2.67. The Labute approximate surface area is 55.1 Å². The summed E-state index contributed by atoms with van der Waals surface area (Å²) < 4.78 is 4.73. The lowest BCUT2D eigenvalue weighted by molar-refractivity contribution is 0.162. The van der Waals surface area contributed by atoms with E-state index in [9.17, 15) is 0 Å². The molecule has 0 spiro atoms. The van der Waals surface area contributed by atoms with Gasteiger partial charge >= 0.3 is 0 Å². The van der Waals surface area contributed by atoms with Crippen molar-refractivity contribution in [2.45, 2.75) is 12.5 Å². The summed E-state index contributed by atoms with van der Waals surface area (Å²) >= 11 is 0. The molecule has 1 unspecified atom stereocenters. The van der Waals surface area contributed by atoms with Crippen molar-refractivity contribution in [3.63, 3.8) is 0 Å². The van der Waals surface area contributed by atoms with Gasteiger partial charge in [-0.1, -0.05) is 6.58 Å². The van der Waals surface area contributed by atoms with Crippen LogP contribution < -0.4 is 5.73 Å². The fourth-order valence-corrected chi connectivity index (χ4v) is 0.321. The molecule has 0 saturated heterocycles. The van der Waals surface area contributed by atoms with Crippen LogP contribution in [0.1, 0.15) is 6.92 Å². The topological polar surface area (TPSA) is 55.5 Å². The highest BCUT2D eigenvalue weighted by Gasteiger charge is 2.21. The summed E-state index contributed by atoms with van der Waals surface area (Å²) in [5.74, 6) is 0.394. The van der Waals surface area contributed by atoms with Gasteiger partial charge in [0.05, 0.1) is 19.3 Å². The highest BCUT2D eigenvalue weighted by atomic mass is 16.5. The van der Waals surface area contributed by atoms with Gasteiger partial charge in [0.2, 0.25) is 0 Å². The molecule has 54 valence electrons. The van der Waals surface area contributed by atoms with E-state index in [0.717, 1.165) is 0 Å². The molecule has 3 N–H and O–H groups in total. The van der Waals surface area contributed by atoms with E-state index in [1.54, 1.807) is 6.92 Å². The molecule has 0 heterocycles. The fraction of sp³-hybridized carbons (Fsp3) is 0.667. The van der Waals surface area contributed by atoms with Crippen molar-refractivity contribution < 1.29 is 9.84 Å². The first kappa shape index (κ1) is 8.46. The van der Waals surface area contributed by atoms with E-state index in [-0.39, 0.29) is 6.61 Å². The molecule has 9 heavy (non-hydrogen) atoms. The van der Waals surface area contributed by atoms with Crippen LogP contribution in [0.15, 0.2) is 12.3 Å². The molecule has 0 aliphatic heterocycles. The minimum atomic E-state index is -0.811. The van der Waals surface area contributed by atoms with E-state index in [2.05, 4.69) is 6.58 Å². The van der Waals surface area contributed by atoms with Crippen molar-refractivity contribution in [2.75, 3.05) is 13.7 Å². The summed E-state index contributed by atoms with van der Waals surface area (Å²) in [6.07, 6.45) is 0. The van der Waals surface area contributed by atoms with E-state index in [1.165, 1.54) is 7.11 Å². The predicted molar refractivity (Wildman–Crippen MR) is 35.8 cm³/mol. The summed E-state index contributed by atoms with van der Waals surface area (Å²) in [4.78, 5) is 0. The van der Waals surface area contributed by atoms with Gasteiger partial charge in [0.25, 0.3) is 0 Å².